The van der Waals surface area contributed by atoms with Crippen LogP contribution in [0, 0.1) is 22.6 Å². The number of para-hydroxylation sites is 1. The SMILES string of the molecule is CCSc1sccc1C1C(C#N)=C(N)N(c2ccccc2F)C2=C1C(=O)CC(C)(C)C2. The Bertz CT molecular complexity index is 1160. The average molecular weight is 454 g/mol. The summed E-state index contributed by atoms with van der Waals surface area (Å²) >= 11 is 3.30. The van der Waals surface area contributed by atoms with E-state index in [0.29, 0.717) is 29.7 Å². The van der Waals surface area contributed by atoms with Gasteiger partial charge in [0.15, 0.2) is 5.78 Å². The molecule has 1 aliphatic carbocycles. The van der Waals surface area contributed by atoms with Gasteiger partial charge in [-0.3, -0.25) is 9.69 Å². The number of carbonyl (C=O) groups is 1. The highest BCUT2D eigenvalue weighted by Crippen LogP contribution is 2.52. The lowest BCUT2D eigenvalue weighted by molar-refractivity contribution is -0.118. The molecular formula is C24H24FN3OS2. The van der Waals surface area contributed by atoms with Crippen LogP contribution in [0.5, 0.6) is 0 Å². The van der Waals surface area contributed by atoms with Gasteiger partial charge in [0, 0.05) is 17.7 Å². The molecule has 1 atom stereocenters. The number of thioether (sulfide) groups is 1. The summed E-state index contributed by atoms with van der Waals surface area (Å²) < 4.78 is 15.9. The molecule has 31 heavy (non-hydrogen) atoms. The number of thiophene rings is 1. The Morgan fingerprint density at radius 1 is 1.32 bits per heavy atom. The van der Waals surface area contributed by atoms with Gasteiger partial charge in [0.2, 0.25) is 0 Å². The van der Waals surface area contributed by atoms with Crippen molar-refractivity contribution in [3.05, 3.63) is 69.8 Å². The van der Waals surface area contributed by atoms with Crippen LogP contribution >= 0.6 is 23.1 Å². The van der Waals surface area contributed by atoms with Crippen molar-refractivity contribution in [3.8, 4) is 6.07 Å². The van der Waals surface area contributed by atoms with E-state index in [1.807, 2.05) is 25.3 Å². The summed E-state index contributed by atoms with van der Waals surface area (Å²) in [4.78, 5) is 15.1. The zero-order chi connectivity index (χ0) is 22.3. The second kappa shape index (κ2) is 8.18. The first-order valence-corrected chi connectivity index (χ1v) is 12.1. The zero-order valence-electron chi connectivity index (χ0n) is 17.7. The summed E-state index contributed by atoms with van der Waals surface area (Å²) in [6.45, 7) is 6.14. The van der Waals surface area contributed by atoms with Crippen LogP contribution < -0.4 is 10.6 Å². The van der Waals surface area contributed by atoms with E-state index < -0.39 is 11.7 Å². The fourth-order valence-electron chi connectivity index (χ4n) is 4.50. The van der Waals surface area contributed by atoms with Gasteiger partial charge in [-0.05, 0) is 46.7 Å². The number of nitrogens with zero attached hydrogens (tertiary/aromatic N) is 2. The van der Waals surface area contributed by atoms with Crippen molar-refractivity contribution in [2.24, 2.45) is 11.1 Å². The third-order valence-electron chi connectivity index (χ3n) is 5.72. The lowest BCUT2D eigenvalue weighted by Gasteiger charge is -2.43. The first kappa shape index (κ1) is 21.7. The molecule has 2 aliphatic rings. The van der Waals surface area contributed by atoms with Crippen molar-refractivity contribution in [2.45, 2.75) is 43.7 Å². The lowest BCUT2D eigenvalue weighted by atomic mass is 9.69. The average Bonchev–Trinajstić information content (AvgIpc) is 3.15. The van der Waals surface area contributed by atoms with Gasteiger partial charge in [-0.2, -0.15) is 5.26 Å². The highest BCUT2D eigenvalue weighted by atomic mass is 32.2. The van der Waals surface area contributed by atoms with E-state index in [1.54, 1.807) is 46.2 Å². The van der Waals surface area contributed by atoms with Crippen molar-refractivity contribution in [1.82, 2.24) is 0 Å². The molecule has 0 radical (unpaired) electrons. The van der Waals surface area contributed by atoms with E-state index in [1.165, 1.54) is 6.07 Å². The van der Waals surface area contributed by atoms with Crippen molar-refractivity contribution in [1.29, 1.82) is 5.26 Å². The largest absolute Gasteiger partial charge is 0.384 e. The molecule has 4 rings (SSSR count). The minimum atomic E-state index is -0.521. The zero-order valence-corrected chi connectivity index (χ0v) is 19.4. The summed E-state index contributed by atoms with van der Waals surface area (Å²) in [5.41, 5.74) is 9.04. The predicted molar refractivity (Wildman–Crippen MR) is 124 cm³/mol. The quantitative estimate of drug-likeness (QED) is 0.580. The smallest absolute Gasteiger partial charge is 0.162 e. The van der Waals surface area contributed by atoms with Gasteiger partial charge >= 0.3 is 0 Å². The number of nitrogens with two attached hydrogens (primary N) is 1. The number of ketones is 1. The van der Waals surface area contributed by atoms with Gasteiger partial charge in [-0.1, -0.05) is 32.9 Å². The van der Waals surface area contributed by atoms with Crippen molar-refractivity contribution >= 4 is 34.6 Å². The van der Waals surface area contributed by atoms with Gasteiger partial charge in [0.25, 0.3) is 0 Å². The molecule has 7 heteroatoms. The highest BCUT2D eigenvalue weighted by Gasteiger charge is 2.45. The van der Waals surface area contributed by atoms with E-state index in [2.05, 4.69) is 13.0 Å². The standard InChI is InChI=1S/C24H24FN3OS2/c1-4-30-23-14(9-10-31-23)20-15(13-26)22(27)28(17-8-6-5-7-16(17)25)18-11-24(2,3)12-19(29)21(18)20/h5-10,20H,4,11-12,27H2,1-3H3. The maximum absolute atomic E-state index is 14.9. The second-order valence-electron chi connectivity index (χ2n) is 8.53. The summed E-state index contributed by atoms with van der Waals surface area (Å²) in [7, 11) is 0. The number of Topliss-reactive ketones (excluding diaryl/α,β-unsaturated/α-hetero) is 1. The van der Waals surface area contributed by atoms with Crippen LogP contribution in [-0.4, -0.2) is 11.5 Å². The number of hydrogen-bond acceptors (Lipinski definition) is 6. The normalized spacial score (nSPS) is 20.7. The van der Waals surface area contributed by atoms with Gasteiger partial charge in [-0.25, -0.2) is 4.39 Å². The first-order valence-electron chi connectivity index (χ1n) is 10.2. The van der Waals surface area contributed by atoms with Crippen LogP contribution in [0.4, 0.5) is 10.1 Å². The van der Waals surface area contributed by atoms with Gasteiger partial charge in [0.1, 0.15) is 11.6 Å². The van der Waals surface area contributed by atoms with E-state index in [-0.39, 0.29) is 22.7 Å². The molecule has 1 unspecified atom stereocenters. The van der Waals surface area contributed by atoms with Crippen LogP contribution in [-0.2, 0) is 4.79 Å². The summed E-state index contributed by atoms with van der Waals surface area (Å²) in [6.07, 6.45) is 0.950. The van der Waals surface area contributed by atoms with Crippen molar-refractivity contribution < 1.29 is 9.18 Å². The maximum Gasteiger partial charge on any atom is 0.162 e. The Morgan fingerprint density at radius 2 is 2.06 bits per heavy atom. The molecule has 0 bridgehead atoms. The molecule has 2 heterocycles. The first-order chi connectivity index (χ1) is 14.8. The van der Waals surface area contributed by atoms with Crippen molar-refractivity contribution in [3.63, 3.8) is 0 Å². The molecule has 1 aromatic heterocycles. The Balaban J connectivity index is 2.01. The van der Waals surface area contributed by atoms with Crippen LogP contribution in [0.1, 0.15) is 45.1 Å². The third-order valence-corrected chi connectivity index (χ3v) is 7.87. The molecule has 2 N–H and O–H groups in total. The number of anilines is 1. The Hall–Kier alpha value is -2.56. The molecule has 0 fully saturated rings. The van der Waals surface area contributed by atoms with Crippen LogP contribution in [0.15, 0.2) is 62.6 Å². The number of hydrogen-bond donors (Lipinski definition) is 1. The van der Waals surface area contributed by atoms with Crippen LogP contribution in [0.25, 0.3) is 0 Å². The molecule has 4 nitrogen and oxygen atoms in total. The summed E-state index contributed by atoms with van der Waals surface area (Å²) in [5, 5.41) is 12.1. The molecular weight excluding hydrogens is 429 g/mol. The molecule has 0 saturated heterocycles. The molecule has 2 aromatic rings. The van der Waals surface area contributed by atoms with Crippen molar-refractivity contribution in [2.75, 3.05) is 10.7 Å². The summed E-state index contributed by atoms with van der Waals surface area (Å²) in [6, 6.07) is 10.6. The van der Waals surface area contributed by atoms with Gasteiger partial charge in [-0.15, -0.1) is 23.1 Å². The van der Waals surface area contributed by atoms with E-state index in [0.717, 1.165) is 15.5 Å². The van der Waals surface area contributed by atoms with Crippen LogP contribution in [0.2, 0.25) is 0 Å². The molecule has 0 spiro atoms. The Kier molecular flexibility index (Phi) is 5.71. The van der Waals surface area contributed by atoms with E-state index in [9.17, 15) is 14.4 Å². The minimum Gasteiger partial charge on any atom is -0.384 e. The highest BCUT2D eigenvalue weighted by molar-refractivity contribution is 8.01. The molecule has 0 saturated carbocycles. The van der Waals surface area contributed by atoms with Gasteiger partial charge < -0.3 is 5.73 Å². The van der Waals surface area contributed by atoms with Gasteiger partial charge in [0.05, 0.1) is 27.5 Å². The predicted octanol–water partition coefficient (Wildman–Crippen LogP) is 5.94. The van der Waals surface area contributed by atoms with E-state index >= 15 is 0 Å². The van der Waals surface area contributed by atoms with E-state index in [4.69, 9.17) is 5.73 Å². The Labute approximate surface area is 190 Å². The fraction of sp³-hybridized carbons (Fsp3) is 0.333. The number of halogens is 1. The number of rotatable bonds is 4. The number of carbonyl (C=O) groups excluding carboxylic acids is 1. The fourth-order valence-corrected chi connectivity index (χ4v) is 6.56. The molecule has 160 valence electrons. The number of allylic oxidation sites excluding steroid dienone is 3. The molecule has 0 amide bonds. The second-order valence-corrected chi connectivity index (χ2v) is 11.0. The minimum absolute atomic E-state index is 0.00325. The van der Waals surface area contributed by atoms with Crippen LogP contribution in [0.3, 0.4) is 0 Å². The monoisotopic (exact) mass is 453 g/mol. The topological polar surface area (TPSA) is 70.1 Å². The Morgan fingerprint density at radius 3 is 2.74 bits per heavy atom. The lowest BCUT2D eigenvalue weighted by Crippen LogP contribution is -2.42. The number of nitriles is 1. The third kappa shape index (κ3) is 3.68. The molecule has 1 aliphatic heterocycles. The molecule has 1 aromatic carbocycles. The maximum atomic E-state index is 14.9. The number of benzene rings is 1. The summed E-state index contributed by atoms with van der Waals surface area (Å²) in [5.74, 6) is 0.112.